The highest BCUT2D eigenvalue weighted by atomic mass is 32.2. The number of fused-ring (bicyclic) bond motifs is 1. The summed E-state index contributed by atoms with van der Waals surface area (Å²) in [5.74, 6) is 0.508. The third-order valence-electron chi connectivity index (χ3n) is 3.77. The molecule has 3 rings (SSSR count). The normalized spacial score (nSPS) is 17.1. The van der Waals surface area contributed by atoms with Crippen LogP contribution in [0.1, 0.15) is 17.0 Å². The van der Waals surface area contributed by atoms with Crippen molar-refractivity contribution in [1.82, 2.24) is 4.31 Å². The van der Waals surface area contributed by atoms with E-state index in [9.17, 15) is 8.42 Å². The average molecular weight is 330 g/mol. The zero-order chi connectivity index (χ0) is 16.4. The molecule has 0 N–H and O–H groups in total. The van der Waals surface area contributed by atoms with Crippen molar-refractivity contribution >= 4 is 22.2 Å². The van der Waals surface area contributed by atoms with Gasteiger partial charge in [0, 0.05) is 32.3 Å². The Morgan fingerprint density at radius 2 is 1.87 bits per heavy atom. The Morgan fingerprint density at radius 1 is 1.13 bits per heavy atom. The zero-order valence-corrected chi connectivity index (χ0v) is 13.8. The molecule has 1 aliphatic heterocycles. The van der Waals surface area contributed by atoms with E-state index in [0.717, 1.165) is 22.0 Å². The number of nitrogens with zero attached hydrogens (tertiary/aromatic N) is 2. The molecular weight excluding hydrogens is 312 g/mol. The summed E-state index contributed by atoms with van der Waals surface area (Å²) < 4.78 is 29.6. The summed E-state index contributed by atoms with van der Waals surface area (Å²) in [7, 11) is -0.896. The lowest BCUT2D eigenvalue weighted by atomic mass is 9.90. The maximum atomic E-state index is 11.8. The van der Waals surface area contributed by atoms with Gasteiger partial charge in [0.15, 0.2) is 0 Å². The molecule has 1 heterocycles. The van der Waals surface area contributed by atoms with Crippen molar-refractivity contribution in [2.75, 3.05) is 14.1 Å². The SMILES string of the molecule is CN(C)S(=O)(=O)Oc1ccc2c(c1)N=CC(c1ccccc1)C2. The van der Waals surface area contributed by atoms with E-state index in [1.807, 2.05) is 30.5 Å². The van der Waals surface area contributed by atoms with E-state index in [2.05, 4.69) is 17.1 Å². The van der Waals surface area contributed by atoms with Crippen LogP contribution in [0.2, 0.25) is 0 Å². The first-order valence-corrected chi connectivity index (χ1v) is 8.66. The van der Waals surface area contributed by atoms with Crippen LogP contribution in [0, 0.1) is 0 Å². The second-order valence-corrected chi connectivity index (χ2v) is 7.37. The monoisotopic (exact) mass is 330 g/mol. The molecule has 0 radical (unpaired) electrons. The van der Waals surface area contributed by atoms with Crippen molar-refractivity contribution in [2.24, 2.45) is 4.99 Å². The molecule has 0 spiro atoms. The highest BCUT2D eigenvalue weighted by Gasteiger charge is 2.20. The van der Waals surface area contributed by atoms with E-state index in [4.69, 9.17) is 4.18 Å². The summed E-state index contributed by atoms with van der Waals surface area (Å²) in [6.45, 7) is 0. The Bertz CT molecular complexity index is 830. The lowest BCUT2D eigenvalue weighted by Crippen LogP contribution is -2.27. The molecule has 2 aromatic carbocycles. The summed E-state index contributed by atoms with van der Waals surface area (Å²) in [6, 6.07) is 15.4. The highest BCUT2D eigenvalue weighted by Crippen LogP contribution is 2.33. The molecule has 0 saturated carbocycles. The largest absolute Gasteiger partial charge is 0.384 e. The molecule has 2 aromatic rings. The Labute approximate surface area is 136 Å². The molecule has 0 saturated heterocycles. The van der Waals surface area contributed by atoms with Crippen LogP contribution in [0.3, 0.4) is 0 Å². The van der Waals surface area contributed by atoms with E-state index in [-0.39, 0.29) is 11.7 Å². The number of hydrogen-bond donors (Lipinski definition) is 0. The zero-order valence-electron chi connectivity index (χ0n) is 13.0. The lowest BCUT2D eigenvalue weighted by Gasteiger charge is -2.20. The molecule has 6 heteroatoms. The molecule has 1 unspecified atom stereocenters. The minimum absolute atomic E-state index is 0.237. The first kappa shape index (κ1) is 15.7. The average Bonchev–Trinajstić information content (AvgIpc) is 2.54. The molecule has 1 aliphatic rings. The molecular formula is C17H18N2O3S. The van der Waals surface area contributed by atoms with Gasteiger partial charge >= 0.3 is 10.3 Å². The number of benzene rings is 2. The van der Waals surface area contributed by atoms with Gasteiger partial charge in [-0.1, -0.05) is 36.4 Å². The minimum atomic E-state index is -3.75. The fourth-order valence-corrected chi connectivity index (χ4v) is 2.94. The van der Waals surface area contributed by atoms with E-state index in [0.29, 0.717) is 0 Å². The van der Waals surface area contributed by atoms with Crippen molar-refractivity contribution in [3.05, 3.63) is 59.7 Å². The van der Waals surface area contributed by atoms with Gasteiger partial charge < -0.3 is 4.18 Å². The predicted octanol–water partition coefficient (Wildman–Crippen LogP) is 2.91. The van der Waals surface area contributed by atoms with Crippen LogP contribution in [0.4, 0.5) is 5.69 Å². The van der Waals surface area contributed by atoms with Crippen molar-refractivity contribution < 1.29 is 12.6 Å². The standard InChI is InChI=1S/C17H18N2O3S/c1-19(2)23(20,21)22-16-9-8-14-10-15(12-18-17(14)11-16)13-6-4-3-5-7-13/h3-9,11-12,15H,10H2,1-2H3. The van der Waals surface area contributed by atoms with E-state index in [1.54, 1.807) is 12.1 Å². The first-order chi connectivity index (χ1) is 11.0. The van der Waals surface area contributed by atoms with Crippen LogP contribution in [0.5, 0.6) is 5.75 Å². The number of rotatable bonds is 4. The molecule has 23 heavy (non-hydrogen) atoms. The molecule has 120 valence electrons. The Morgan fingerprint density at radius 3 is 2.57 bits per heavy atom. The fraction of sp³-hybridized carbons (Fsp3) is 0.235. The third-order valence-corrected chi connectivity index (χ3v) is 5.06. The summed E-state index contributed by atoms with van der Waals surface area (Å²) in [5.41, 5.74) is 3.05. The Hall–Kier alpha value is -2.18. The van der Waals surface area contributed by atoms with E-state index in [1.165, 1.54) is 19.7 Å². The number of hydrogen-bond acceptors (Lipinski definition) is 4. The Balaban J connectivity index is 1.83. The van der Waals surface area contributed by atoms with Crippen molar-refractivity contribution in [1.29, 1.82) is 0 Å². The molecule has 1 atom stereocenters. The van der Waals surface area contributed by atoms with Crippen molar-refractivity contribution in [3.63, 3.8) is 0 Å². The van der Waals surface area contributed by atoms with Crippen LogP contribution < -0.4 is 4.18 Å². The van der Waals surface area contributed by atoms with E-state index >= 15 is 0 Å². The van der Waals surface area contributed by atoms with Crippen LogP contribution >= 0.6 is 0 Å². The summed E-state index contributed by atoms with van der Waals surface area (Å²) in [6.07, 6.45) is 2.74. The maximum Gasteiger partial charge on any atom is 0.384 e. The van der Waals surface area contributed by atoms with Crippen LogP contribution in [-0.4, -0.2) is 33.0 Å². The minimum Gasteiger partial charge on any atom is -0.371 e. The molecule has 0 fully saturated rings. The Kier molecular flexibility index (Phi) is 4.19. The van der Waals surface area contributed by atoms with Crippen LogP contribution in [-0.2, 0) is 16.7 Å². The van der Waals surface area contributed by atoms with Gasteiger partial charge in [0.25, 0.3) is 0 Å². The number of aliphatic imine (C=N–C) groups is 1. The van der Waals surface area contributed by atoms with Gasteiger partial charge in [-0.3, -0.25) is 4.99 Å². The quantitative estimate of drug-likeness (QED) is 0.866. The van der Waals surface area contributed by atoms with E-state index < -0.39 is 10.3 Å². The maximum absolute atomic E-state index is 11.8. The summed E-state index contributed by atoms with van der Waals surface area (Å²) in [5, 5.41) is 0. The fourth-order valence-electron chi connectivity index (χ4n) is 2.45. The third kappa shape index (κ3) is 3.43. The highest BCUT2D eigenvalue weighted by molar-refractivity contribution is 7.84. The van der Waals surface area contributed by atoms with Crippen molar-refractivity contribution in [2.45, 2.75) is 12.3 Å². The lowest BCUT2D eigenvalue weighted by molar-refractivity contribution is 0.421. The second kappa shape index (κ2) is 6.14. The predicted molar refractivity (Wildman–Crippen MR) is 90.7 cm³/mol. The molecule has 0 bridgehead atoms. The van der Waals surface area contributed by atoms with Gasteiger partial charge in [-0.15, -0.1) is 0 Å². The van der Waals surface area contributed by atoms with Gasteiger partial charge in [-0.05, 0) is 23.6 Å². The van der Waals surface area contributed by atoms with Gasteiger partial charge in [-0.2, -0.15) is 12.7 Å². The summed E-state index contributed by atoms with van der Waals surface area (Å²) >= 11 is 0. The molecule has 0 aliphatic carbocycles. The molecule has 0 aromatic heterocycles. The smallest absolute Gasteiger partial charge is 0.371 e. The molecule has 0 amide bonds. The summed E-state index contributed by atoms with van der Waals surface area (Å²) in [4.78, 5) is 4.47. The van der Waals surface area contributed by atoms with Crippen LogP contribution in [0.25, 0.3) is 0 Å². The van der Waals surface area contributed by atoms with Gasteiger partial charge in [0.05, 0.1) is 5.69 Å². The van der Waals surface area contributed by atoms with Crippen molar-refractivity contribution in [3.8, 4) is 5.75 Å². The second-order valence-electron chi connectivity index (χ2n) is 5.61. The van der Waals surface area contributed by atoms with Crippen LogP contribution in [0.15, 0.2) is 53.5 Å². The van der Waals surface area contributed by atoms with Gasteiger partial charge in [-0.25, -0.2) is 0 Å². The first-order valence-electron chi connectivity index (χ1n) is 7.30. The topological polar surface area (TPSA) is 59.0 Å². The molecule has 5 nitrogen and oxygen atoms in total. The van der Waals surface area contributed by atoms with Gasteiger partial charge in [0.1, 0.15) is 5.75 Å². The van der Waals surface area contributed by atoms with Gasteiger partial charge in [0.2, 0.25) is 0 Å².